The van der Waals surface area contributed by atoms with Crippen LogP contribution >= 0.6 is 0 Å². The van der Waals surface area contributed by atoms with Crippen LogP contribution in [0.1, 0.15) is 18.9 Å². The topological polar surface area (TPSA) is 26.3 Å². The van der Waals surface area contributed by atoms with Gasteiger partial charge in [-0.05, 0) is 18.4 Å². The third kappa shape index (κ3) is 2.20. The molecule has 2 atom stereocenters. The van der Waals surface area contributed by atoms with Crippen molar-refractivity contribution in [3.8, 4) is 5.75 Å². The number of ether oxygens (including phenoxy) is 1. The summed E-state index contributed by atoms with van der Waals surface area (Å²) in [6.45, 7) is 2.13. The first-order valence-electron chi connectivity index (χ1n) is 5.37. The molecule has 0 amide bonds. The van der Waals surface area contributed by atoms with Crippen LogP contribution in [0.15, 0.2) is 24.3 Å². The molecule has 1 aliphatic carbocycles. The maximum atomic E-state index is 11.8. The average Bonchev–Trinajstić information content (AvgIpc) is 2.96. The highest BCUT2D eigenvalue weighted by Gasteiger charge is 2.38. The second kappa shape index (κ2) is 4.05. The van der Waals surface area contributed by atoms with Gasteiger partial charge in [0.2, 0.25) is 0 Å². The summed E-state index contributed by atoms with van der Waals surface area (Å²) in [7, 11) is 1.64. The smallest absolute Gasteiger partial charge is 0.140 e. The fourth-order valence-electron chi connectivity index (χ4n) is 1.94. The van der Waals surface area contributed by atoms with E-state index in [1.807, 2.05) is 24.3 Å². The van der Waals surface area contributed by atoms with Crippen LogP contribution < -0.4 is 4.74 Å². The van der Waals surface area contributed by atoms with Crippen LogP contribution in [0.2, 0.25) is 0 Å². The SMILES string of the molecule is COc1ccccc1CC(=O)C1CC1C. The van der Waals surface area contributed by atoms with Crippen molar-refractivity contribution in [1.82, 2.24) is 0 Å². The lowest BCUT2D eigenvalue weighted by atomic mass is 10.0. The fraction of sp³-hybridized carbons (Fsp3) is 0.462. The van der Waals surface area contributed by atoms with Gasteiger partial charge in [-0.25, -0.2) is 0 Å². The molecule has 0 aromatic heterocycles. The first kappa shape index (κ1) is 10.2. The van der Waals surface area contributed by atoms with Crippen molar-refractivity contribution in [2.24, 2.45) is 11.8 Å². The molecule has 2 heteroatoms. The third-order valence-corrected chi connectivity index (χ3v) is 3.08. The second-order valence-corrected chi connectivity index (χ2v) is 4.27. The first-order valence-corrected chi connectivity index (χ1v) is 5.37. The van der Waals surface area contributed by atoms with Gasteiger partial charge in [-0.2, -0.15) is 0 Å². The van der Waals surface area contributed by atoms with Crippen LogP contribution in [0.4, 0.5) is 0 Å². The minimum atomic E-state index is 0.301. The lowest BCUT2D eigenvalue weighted by Gasteiger charge is -2.06. The molecule has 1 aliphatic rings. The second-order valence-electron chi connectivity index (χ2n) is 4.27. The molecule has 15 heavy (non-hydrogen) atoms. The summed E-state index contributed by atoms with van der Waals surface area (Å²) in [6.07, 6.45) is 1.58. The molecule has 0 aliphatic heterocycles. The van der Waals surface area contributed by atoms with Crippen molar-refractivity contribution >= 4 is 5.78 Å². The van der Waals surface area contributed by atoms with Crippen LogP contribution in [0.5, 0.6) is 5.75 Å². The quantitative estimate of drug-likeness (QED) is 0.753. The number of Topliss-reactive ketones (excluding diaryl/α,β-unsaturated/α-hetero) is 1. The number of methoxy groups -OCH3 is 1. The molecule has 0 N–H and O–H groups in total. The Hall–Kier alpha value is -1.31. The third-order valence-electron chi connectivity index (χ3n) is 3.08. The Kier molecular flexibility index (Phi) is 2.76. The Labute approximate surface area is 90.3 Å². The normalized spacial score (nSPS) is 23.6. The Morgan fingerprint density at radius 3 is 2.73 bits per heavy atom. The summed E-state index contributed by atoms with van der Waals surface area (Å²) < 4.78 is 5.22. The molecule has 1 fully saturated rings. The minimum absolute atomic E-state index is 0.301. The average molecular weight is 204 g/mol. The molecule has 2 nitrogen and oxygen atoms in total. The zero-order chi connectivity index (χ0) is 10.8. The van der Waals surface area contributed by atoms with Gasteiger partial charge in [-0.1, -0.05) is 25.1 Å². The zero-order valence-electron chi connectivity index (χ0n) is 9.19. The number of para-hydroxylation sites is 1. The van der Waals surface area contributed by atoms with Gasteiger partial charge in [0.25, 0.3) is 0 Å². The highest BCUT2D eigenvalue weighted by molar-refractivity contribution is 5.86. The maximum Gasteiger partial charge on any atom is 0.140 e. The zero-order valence-corrected chi connectivity index (χ0v) is 9.19. The maximum absolute atomic E-state index is 11.8. The van der Waals surface area contributed by atoms with Gasteiger partial charge in [0.05, 0.1) is 7.11 Å². The van der Waals surface area contributed by atoms with Crippen molar-refractivity contribution in [1.29, 1.82) is 0 Å². The van der Waals surface area contributed by atoms with E-state index in [1.165, 1.54) is 0 Å². The molecule has 0 radical (unpaired) electrons. The summed E-state index contributed by atoms with van der Waals surface area (Å²) in [6, 6.07) is 7.73. The van der Waals surface area contributed by atoms with Gasteiger partial charge in [0, 0.05) is 17.9 Å². The van der Waals surface area contributed by atoms with E-state index in [4.69, 9.17) is 4.74 Å². The van der Waals surface area contributed by atoms with Gasteiger partial charge >= 0.3 is 0 Å². The Balaban J connectivity index is 2.06. The molecule has 80 valence electrons. The molecular formula is C13H16O2. The highest BCUT2D eigenvalue weighted by atomic mass is 16.5. The summed E-state index contributed by atoms with van der Waals surface area (Å²) in [5.41, 5.74) is 1.00. The van der Waals surface area contributed by atoms with E-state index in [1.54, 1.807) is 7.11 Å². The van der Waals surface area contributed by atoms with Crippen molar-refractivity contribution in [2.45, 2.75) is 19.8 Å². The van der Waals surface area contributed by atoms with Crippen LogP contribution in [0, 0.1) is 11.8 Å². The lowest BCUT2D eigenvalue weighted by Crippen LogP contribution is -2.07. The molecule has 0 saturated heterocycles. The summed E-state index contributed by atoms with van der Waals surface area (Å²) in [4.78, 5) is 11.8. The molecule has 2 rings (SSSR count). The van der Waals surface area contributed by atoms with E-state index in [0.717, 1.165) is 17.7 Å². The van der Waals surface area contributed by atoms with E-state index in [-0.39, 0.29) is 0 Å². The summed E-state index contributed by atoms with van der Waals surface area (Å²) >= 11 is 0. The Morgan fingerprint density at radius 2 is 2.13 bits per heavy atom. The molecular weight excluding hydrogens is 188 g/mol. The minimum Gasteiger partial charge on any atom is -0.496 e. The number of hydrogen-bond donors (Lipinski definition) is 0. The monoisotopic (exact) mass is 204 g/mol. The molecule has 2 unspecified atom stereocenters. The van der Waals surface area contributed by atoms with Crippen molar-refractivity contribution < 1.29 is 9.53 Å². The number of carbonyl (C=O) groups is 1. The van der Waals surface area contributed by atoms with Gasteiger partial charge in [-0.3, -0.25) is 4.79 Å². The van der Waals surface area contributed by atoms with Crippen LogP contribution in [-0.2, 0) is 11.2 Å². The number of ketones is 1. The predicted octanol–water partition coefficient (Wildman–Crippen LogP) is 2.46. The molecule has 0 spiro atoms. The van der Waals surface area contributed by atoms with Gasteiger partial charge in [-0.15, -0.1) is 0 Å². The molecule has 1 aromatic rings. The molecule has 0 heterocycles. The van der Waals surface area contributed by atoms with Crippen LogP contribution in [0.3, 0.4) is 0 Å². The van der Waals surface area contributed by atoms with Crippen molar-refractivity contribution in [3.05, 3.63) is 29.8 Å². The molecule has 0 bridgehead atoms. The summed E-state index contributed by atoms with van der Waals surface area (Å²) in [5.74, 6) is 2.06. The Bertz CT molecular complexity index is 371. The standard InChI is InChI=1S/C13H16O2/c1-9-7-11(9)12(14)8-10-5-3-4-6-13(10)15-2/h3-6,9,11H,7-8H2,1-2H3. The largest absolute Gasteiger partial charge is 0.496 e. The van der Waals surface area contributed by atoms with Gasteiger partial charge in [0.15, 0.2) is 0 Å². The molecule has 1 aromatic carbocycles. The number of benzene rings is 1. The van der Waals surface area contributed by atoms with Crippen molar-refractivity contribution in [2.75, 3.05) is 7.11 Å². The number of carbonyl (C=O) groups excluding carboxylic acids is 1. The van der Waals surface area contributed by atoms with Crippen LogP contribution in [-0.4, -0.2) is 12.9 Å². The first-order chi connectivity index (χ1) is 7.22. The number of hydrogen-bond acceptors (Lipinski definition) is 2. The van der Waals surface area contributed by atoms with Crippen molar-refractivity contribution in [3.63, 3.8) is 0 Å². The van der Waals surface area contributed by atoms with E-state index < -0.39 is 0 Å². The highest BCUT2D eigenvalue weighted by Crippen LogP contribution is 2.39. The van der Waals surface area contributed by atoms with Crippen LogP contribution in [0.25, 0.3) is 0 Å². The fourth-order valence-corrected chi connectivity index (χ4v) is 1.94. The molecule has 1 saturated carbocycles. The van der Waals surface area contributed by atoms with Gasteiger partial charge in [0.1, 0.15) is 11.5 Å². The van der Waals surface area contributed by atoms with E-state index in [0.29, 0.717) is 24.0 Å². The lowest BCUT2D eigenvalue weighted by molar-refractivity contribution is -0.119. The predicted molar refractivity (Wildman–Crippen MR) is 59.0 cm³/mol. The van der Waals surface area contributed by atoms with E-state index in [2.05, 4.69) is 6.92 Å². The van der Waals surface area contributed by atoms with E-state index >= 15 is 0 Å². The number of rotatable bonds is 4. The summed E-state index contributed by atoms with van der Waals surface area (Å²) in [5, 5.41) is 0. The van der Waals surface area contributed by atoms with E-state index in [9.17, 15) is 4.79 Å². The van der Waals surface area contributed by atoms with Gasteiger partial charge < -0.3 is 4.74 Å². The Morgan fingerprint density at radius 1 is 1.47 bits per heavy atom.